The maximum atomic E-state index is 11.3. The van der Waals surface area contributed by atoms with Crippen LogP contribution in [0, 0.1) is 17.3 Å². The van der Waals surface area contributed by atoms with Crippen molar-refractivity contribution in [2.24, 2.45) is 17.3 Å². The van der Waals surface area contributed by atoms with Crippen molar-refractivity contribution in [2.45, 2.75) is 59.8 Å². The van der Waals surface area contributed by atoms with Gasteiger partial charge in [0.15, 0.2) is 0 Å². The van der Waals surface area contributed by atoms with E-state index in [4.69, 9.17) is 0 Å². The van der Waals surface area contributed by atoms with Crippen LogP contribution in [0.5, 0.6) is 0 Å². The zero-order valence-electron chi connectivity index (χ0n) is 12.0. The predicted molar refractivity (Wildman–Crippen MR) is 73.1 cm³/mol. The summed E-state index contributed by atoms with van der Waals surface area (Å²) in [5, 5.41) is 3.57. The van der Waals surface area contributed by atoms with Gasteiger partial charge in [-0.05, 0) is 63.5 Å². The molecule has 0 aromatic carbocycles. The molecule has 2 nitrogen and oxygen atoms in total. The highest BCUT2D eigenvalue weighted by atomic mass is 16.1. The average molecular weight is 239 g/mol. The van der Waals surface area contributed by atoms with Gasteiger partial charge in [0.1, 0.15) is 5.78 Å². The van der Waals surface area contributed by atoms with Crippen molar-refractivity contribution in [1.29, 1.82) is 0 Å². The van der Waals surface area contributed by atoms with Crippen molar-refractivity contribution in [2.75, 3.05) is 13.1 Å². The third-order valence-corrected chi connectivity index (χ3v) is 3.91. The Bertz CT molecular complexity index is 234. The minimum Gasteiger partial charge on any atom is -0.316 e. The monoisotopic (exact) mass is 239 g/mol. The van der Waals surface area contributed by atoms with Crippen LogP contribution in [0.3, 0.4) is 0 Å². The van der Waals surface area contributed by atoms with Crippen LogP contribution in [0.2, 0.25) is 0 Å². The van der Waals surface area contributed by atoms with Crippen LogP contribution in [0.15, 0.2) is 0 Å². The first kappa shape index (κ1) is 14.7. The molecule has 1 aliphatic rings. The topological polar surface area (TPSA) is 29.1 Å². The van der Waals surface area contributed by atoms with Crippen LogP contribution in [0.1, 0.15) is 59.8 Å². The Balaban J connectivity index is 2.09. The van der Waals surface area contributed by atoms with E-state index in [1.165, 1.54) is 19.3 Å². The summed E-state index contributed by atoms with van der Waals surface area (Å²) in [5.74, 6) is 1.55. The van der Waals surface area contributed by atoms with Gasteiger partial charge in [-0.25, -0.2) is 0 Å². The molecule has 0 radical (unpaired) electrons. The maximum Gasteiger partial charge on any atom is 0.132 e. The van der Waals surface area contributed by atoms with Gasteiger partial charge in [0.05, 0.1) is 0 Å². The van der Waals surface area contributed by atoms with E-state index >= 15 is 0 Å². The molecule has 0 unspecified atom stereocenters. The number of nitrogens with one attached hydrogen (secondary N) is 1. The molecule has 0 aromatic rings. The second kappa shape index (κ2) is 6.53. The van der Waals surface area contributed by atoms with Crippen molar-refractivity contribution >= 4 is 5.78 Å². The van der Waals surface area contributed by atoms with Gasteiger partial charge < -0.3 is 5.32 Å². The summed E-state index contributed by atoms with van der Waals surface area (Å²) in [6.07, 6.45) is 5.91. The number of rotatable bonds is 5. The largest absolute Gasteiger partial charge is 0.316 e. The van der Waals surface area contributed by atoms with E-state index in [2.05, 4.69) is 26.1 Å². The fourth-order valence-electron chi connectivity index (χ4n) is 2.54. The van der Waals surface area contributed by atoms with Crippen molar-refractivity contribution in [3.63, 3.8) is 0 Å². The van der Waals surface area contributed by atoms with Gasteiger partial charge in [0, 0.05) is 5.92 Å². The van der Waals surface area contributed by atoms with Crippen molar-refractivity contribution in [3.8, 4) is 0 Å². The smallest absolute Gasteiger partial charge is 0.132 e. The molecular weight excluding hydrogens is 210 g/mol. The van der Waals surface area contributed by atoms with Gasteiger partial charge in [-0.1, -0.05) is 20.8 Å². The van der Waals surface area contributed by atoms with E-state index in [0.717, 1.165) is 31.8 Å². The van der Waals surface area contributed by atoms with Gasteiger partial charge in [-0.2, -0.15) is 0 Å². The highest BCUT2D eigenvalue weighted by Crippen LogP contribution is 2.28. The molecule has 0 spiro atoms. The highest BCUT2D eigenvalue weighted by molar-refractivity contribution is 5.78. The molecular formula is C15H29NO. The molecule has 1 saturated carbocycles. The molecule has 0 atom stereocenters. The number of hydrogen-bond acceptors (Lipinski definition) is 2. The van der Waals surface area contributed by atoms with Crippen LogP contribution in [-0.4, -0.2) is 18.9 Å². The van der Waals surface area contributed by atoms with E-state index in [9.17, 15) is 4.79 Å². The highest BCUT2D eigenvalue weighted by Gasteiger charge is 2.23. The third-order valence-electron chi connectivity index (χ3n) is 3.91. The summed E-state index contributed by atoms with van der Waals surface area (Å²) in [5.41, 5.74) is 0.430. The average Bonchev–Trinajstić information content (AvgIpc) is 2.24. The number of hydrogen-bond donors (Lipinski definition) is 1. The van der Waals surface area contributed by atoms with Crippen LogP contribution in [0.4, 0.5) is 0 Å². The van der Waals surface area contributed by atoms with Crippen LogP contribution >= 0.6 is 0 Å². The first-order valence-corrected chi connectivity index (χ1v) is 7.09. The molecule has 0 aliphatic heterocycles. The Kier molecular flexibility index (Phi) is 5.64. The van der Waals surface area contributed by atoms with Gasteiger partial charge in [0.2, 0.25) is 0 Å². The lowest BCUT2D eigenvalue weighted by atomic mass is 9.80. The molecule has 1 N–H and O–H groups in total. The summed E-state index contributed by atoms with van der Waals surface area (Å²) < 4.78 is 0. The lowest BCUT2D eigenvalue weighted by molar-refractivity contribution is -0.121. The van der Waals surface area contributed by atoms with E-state index < -0.39 is 0 Å². The first-order valence-electron chi connectivity index (χ1n) is 7.09. The second-order valence-electron chi connectivity index (χ2n) is 6.84. The van der Waals surface area contributed by atoms with E-state index in [1.54, 1.807) is 6.92 Å². The number of ketones is 1. The predicted octanol–water partition coefficient (Wildman–Crippen LogP) is 3.41. The van der Waals surface area contributed by atoms with Crippen LogP contribution < -0.4 is 5.32 Å². The van der Waals surface area contributed by atoms with Crippen LogP contribution in [-0.2, 0) is 4.79 Å². The molecule has 1 rings (SSSR count). The molecule has 17 heavy (non-hydrogen) atoms. The molecule has 0 heterocycles. The quantitative estimate of drug-likeness (QED) is 0.745. The summed E-state index contributed by atoms with van der Waals surface area (Å²) in [6.45, 7) is 10.9. The maximum absolute atomic E-state index is 11.3. The number of carbonyl (C=O) groups is 1. The van der Waals surface area contributed by atoms with Gasteiger partial charge in [0.25, 0.3) is 0 Å². The minimum absolute atomic E-state index is 0.362. The molecule has 0 amide bonds. The first-order chi connectivity index (χ1) is 7.88. The Morgan fingerprint density at radius 3 is 2.24 bits per heavy atom. The van der Waals surface area contributed by atoms with E-state index in [1.807, 2.05) is 0 Å². The normalized spacial score (nSPS) is 25.9. The number of carbonyl (C=O) groups excluding carboxylic acids is 1. The molecule has 100 valence electrons. The fourth-order valence-corrected chi connectivity index (χ4v) is 2.54. The SMILES string of the molecule is CC(=O)C1CCC(CNCCC(C)(C)C)CC1. The Morgan fingerprint density at radius 1 is 1.18 bits per heavy atom. The number of Topliss-reactive ketones (excluding diaryl/α,β-unsaturated/α-hetero) is 1. The zero-order valence-corrected chi connectivity index (χ0v) is 12.0. The molecule has 0 bridgehead atoms. The standard InChI is InChI=1S/C15H29NO/c1-12(17)14-7-5-13(6-8-14)11-16-10-9-15(2,3)4/h13-14,16H,5-11H2,1-4H3. The van der Waals surface area contributed by atoms with Gasteiger partial charge in [-0.3, -0.25) is 4.79 Å². The van der Waals surface area contributed by atoms with E-state index in [-0.39, 0.29) is 0 Å². The molecule has 1 aliphatic carbocycles. The Hall–Kier alpha value is -0.370. The Morgan fingerprint density at radius 2 is 1.76 bits per heavy atom. The van der Waals surface area contributed by atoms with Crippen LogP contribution in [0.25, 0.3) is 0 Å². The van der Waals surface area contributed by atoms with Gasteiger partial charge >= 0.3 is 0 Å². The van der Waals surface area contributed by atoms with Crippen molar-refractivity contribution in [1.82, 2.24) is 5.32 Å². The lowest BCUT2D eigenvalue weighted by Crippen LogP contribution is -2.30. The molecule has 0 saturated heterocycles. The Labute approximate surface area is 107 Å². The van der Waals surface area contributed by atoms with Crippen molar-refractivity contribution < 1.29 is 4.79 Å². The minimum atomic E-state index is 0.362. The van der Waals surface area contributed by atoms with E-state index in [0.29, 0.717) is 17.1 Å². The second-order valence-corrected chi connectivity index (χ2v) is 6.84. The summed E-state index contributed by atoms with van der Waals surface area (Å²) >= 11 is 0. The molecule has 1 fully saturated rings. The third kappa shape index (κ3) is 6.21. The molecule has 2 heteroatoms. The lowest BCUT2D eigenvalue weighted by Gasteiger charge is -2.27. The summed E-state index contributed by atoms with van der Waals surface area (Å²) in [4.78, 5) is 11.3. The fraction of sp³-hybridized carbons (Fsp3) is 0.933. The zero-order chi connectivity index (χ0) is 12.9. The summed E-state index contributed by atoms with van der Waals surface area (Å²) in [6, 6.07) is 0. The van der Waals surface area contributed by atoms with Gasteiger partial charge in [-0.15, -0.1) is 0 Å². The molecule has 0 aromatic heterocycles. The van der Waals surface area contributed by atoms with Crippen molar-refractivity contribution in [3.05, 3.63) is 0 Å². The summed E-state index contributed by atoms with van der Waals surface area (Å²) in [7, 11) is 0.